The Labute approximate surface area is 171 Å². The molecule has 0 spiro atoms. The van der Waals surface area contributed by atoms with Gasteiger partial charge < -0.3 is 5.32 Å². The van der Waals surface area contributed by atoms with Gasteiger partial charge in [0.15, 0.2) is 0 Å². The van der Waals surface area contributed by atoms with Crippen LogP contribution in [0.15, 0.2) is 79.2 Å². The summed E-state index contributed by atoms with van der Waals surface area (Å²) in [7, 11) is 1.88. The maximum Gasteiger partial charge on any atom is 0.0912 e. The van der Waals surface area contributed by atoms with E-state index in [9.17, 15) is 0 Å². The van der Waals surface area contributed by atoms with Gasteiger partial charge in [0.1, 0.15) is 0 Å². The highest BCUT2D eigenvalue weighted by molar-refractivity contribution is 5.81. The van der Waals surface area contributed by atoms with Crippen molar-refractivity contribution in [2.24, 2.45) is 0 Å². The first-order valence-electron chi connectivity index (χ1n) is 9.53. The van der Waals surface area contributed by atoms with Gasteiger partial charge in [-0.15, -0.1) is 0 Å². The topological polar surface area (TPSA) is 53.6 Å². The molecule has 0 atom stereocenters. The molecule has 146 valence electrons. The molecule has 1 aromatic carbocycles. The maximum atomic E-state index is 4.64. The molecule has 2 heterocycles. The third kappa shape index (κ3) is 4.27. The van der Waals surface area contributed by atoms with Crippen LogP contribution in [0.25, 0.3) is 34.7 Å². The zero-order chi connectivity index (χ0) is 20.8. The van der Waals surface area contributed by atoms with Gasteiger partial charge in [-0.25, -0.2) is 0 Å². The normalized spacial score (nSPS) is 12.9. The molecule has 2 N–H and O–H groups in total. The predicted molar refractivity (Wildman–Crippen MR) is 122 cm³/mol. The van der Waals surface area contributed by atoms with Crippen molar-refractivity contribution in [3.8, 4) is 22.5 Å². The highest BCUT2D eigenvalue weighted by atomic mass is 15.1. The Morgan fingerprint density at radius 1 is 1.21 bits per heavy atom. The Kier molecular flexibility index (Phi) is 6.25. The van der Waals surface area contributed by atoms with Crippen molar-refractivity contribution in [3.05, 3.63) is 95.3 Å². The van der Waals surface area contributed by atoms with Gasteiger partial charge in [-0.3, -0.25) is 10.1 Å². The second-order valence-electron chi connectivity index (χ2n) is 6.70. The highest BCUT2D eigenvalue weighted by Crippen LogP contribution is 2.28. The number of hydrogen-bond donors (Lipinski definition) is 2. The van der Waals surface area contributed by atoms with Crippen molar-refractivity contribution < 1.29 is 0 Å². The van der Waals surface area contributed by atoms with Crippen molar-refractivity contribution in [3.63, 3.8) is 0 Å². The lowest BCUT2D eigenvalue weighted by atomic mass is 9.98. The van der Waals surface area contributed by atoms with Crippen LogP contribution in [-0.2, 0) is 0 Å². The quantitative estimate of drug-likeness (QED) is 0.636. The maximum absolute atomic E-state index is 4.64. The molecule has 0 radical (unpaired) electrons. The number of nitrogens with zero attached hydrogens (tertiary/aromatic N) is 2. The van der Waals surface area contributed by atoms with Gasteiger partial charge in [-0.1, -0.05) is 49.6 Å². The number of hydrogen-bond acceptors (Lipinski definition) is 3. The van der Waals surface area contributed by atoms with E-state index in [-0.39, 0.29) is 0 Å². The number of aromatic amines is 1. The van der Waals surface area contributed by atoms with Crippen LogP contribution in [0, 0.1) is 6.92 Å². The van der Waals surface area contributed by atoms with E-state index in [1.165, 1.54) is 0 Å². The first-order valence-corrected chi connectivity index (χ1v) is 9.53. The van der Waals surface area contributed by atoms with Gasteiger partial charge in [0, 0.05) is 24.5 Å². The summed E-state index contributed by atoms with van der Waals surface area (Å²) in [5.74, 6) is 0. The molecule has 4 nitrogen and oxygen atoms in total. The molecule has 0 bridgehead atoms. The molecule has 3 aromatic rings. The molecule has 0 saturated carbocycles. The molecule has 3 rings (SSSR count). The second kappa shape index (κ2) is 9.02. The van der Waals surface area contributed by atoms with E-state index in [0.29, 0.717) is 0 Å². The smallest absolute Gasteiger partial charge is 0.0912 e. The standard InChI is InChI=1S/C25H26N4/c1-6-9-21(19(7-2)15-26-5)22-14-20(13-12-17(22)3)23-16-27-29-25(23)24-11-8-10-18(4)28-24/h6-16,26H,2-3H2,1,4-5H3,(H,27,29)/b9-6-,19-15+,22-21+. The summed E-state index contributed by atoms with van der Waals surface area (Å²) >= 11 is 0. The number of benzene rings is 1. The number of pyridine rings is 1. The third-order valence-electron chi connectivity index (χ3n) is 4.66. The molecular formula is C25H26N4. The molecule has 0 aliphatic heterocycles. The molecule has 0 aliphatic rings. The van der Waals surface area contributed by atoms with Crippen molar-refractivity contribution in [1.29, 1.82) is 0 Å². The summed E-state index contributed by atoms with van der Waals surface area (Å²) < 4.78 is 0. The molecule has 0 fully saturated rings. The van der Waals surface area contributed by atoms with Crippen LogP contribution in [0.1, 0.15) is 12.6 Å². The fourth-order valence-corrected chi connectivity index (χ4v) is 3.29. The number of allylic oxidation sites excluding steroid dienone is 4. The minimum Gasteiger partial charge on any atom is -0.393 e. The van der Waals surface area contributed by atoms with E-state index < -0.39 is 0 Å². The first-order chi connectivity index (χ1) is 14.1. The molecule has 0 unspecified atom stereocenters. The van der Waals surface area contributed by atoms with Gasteiger partial charge in [0.2, 0.25) is 0 Å². The number of rotatable bonds is 6. The van der Waals surface area contributed by atoms with Crippen molar-refractivity contribution in [2.75, 3.05) is 7.05 Å². The average Bonchev–Trinajstić information content (AvgIpc) is 3.21. The van der Waals surface area contributed by atoms with E-state index in [1.54, 1.807) is 0 Å². The van der Waals surface area contributed by atoms with E-state index in [4.69, 9.17) is 0 Å². The van der Waals surface area contributed by atoms with Crippen molar-refractivity contribution in [1.82, 2.24) is 20.5 Å². The zero-order valence-electron chi connectivity index (χ0n) is 17.2. The Balaban J connectivity index is 2.26. The summed E-state index contributed by atoms with van der Waals surface area (Å²) in [4.78, 5) is 4.64. The van der Waals surface area contributed by atoms with Crippen LogP contribution < -0.4 is 15.8 Å². The Hall–Kier alpha value is -3.66. The van der Waals surface area contributed by atoms with Gasteiger partial charge in [-0.2, -0.15) is 5.10 Å². The number of aryl methyl sites for hydroxylation is 1. The molecule has 4 heteroatoms. The fraction of sp³-hybridized carbons (Fsp3) is 0.120. The Morgan fingerprint density at radius 3 is 2.72 bits per heavy atom. The van der Waals surface area contributed by atoms with Crippen molar-refractivity contribution >= 4 is 12.2 Å². The summed E-state index contributed by atoms with van der Waals surface area (Å²) in [6, 6.07) is 12.2. The predicted octanol–water partition coefficient (Wildman–Crippen LogP) is 3.87. The van der Waals surface area contributed by atoms with E-state index >= 15 is 0 Å². The van der Waals surface area contributed by atoms with Crippen LogP contribution in [-0.4, -0.2) is 22.2 Å². The van der Waals surface area contributed by atoms with Gasteiger partial charge in [0.25, 0.3) is 0 Å². The highest BCUT2D eigenvalue weighted by Gasteiger charge is 2.12. The lowest BCUT2D eigenvalue weighted by molar-refractivity contribution is 1.08. The molecule has 0 saturated heterocycles. The number of aromatic nitrogens is 3. The first kappa shape index (κ1) is 20.1. The van der Waals surface area contributed by atoms with Gasteiger partial charge in [-0.05, 0) is 59.2 Å². The molecular weight excluding hydrogens is 356 g/mol. The van der Waals surface area contributed by atoms with E-state index in [1.807, 2.05) is 69.7 Å². The SMILES string of the molecule is C=CC(=C\NC)/C(/C=C\C)=c1\cc(-c2cn[nH]c2-c2cccc(C)n2)ccc1=C. The molecule has 0 amide bonds. The van der Waals surface area contributed by atoms with Crippen LogP contribution in [0.4, 0.5) is 0 Å². The average molecular weight is 383 g/mol. The third-order valence-corrected chi connectivity index (χ3v) is 4.66. The molecule has 0 aliphatic carbocycles. The molecule has 29 heavy (non-hydrogen) atoms. The lowest BCUT2D eigenvalue weighted by Crippen LogP contribution is -2.26. The monoisotopic (exact) mass is 382 g/mol. The van der Waals surface area contributed by atoms with E-state index in [0.717, 1.165) is 49.8 Å². The summed E-state index contributed by atoms with van der Waals surface area (Å²) in [6.07, 6.45) is 9.73. The largest absolute Gasteiger partial charge is 0.393 e. The summed E-state index contributed by atoms with van der Waals surface area (Å²) in [6.45, 7) is 12.2. The van der Waals surface area contributed by atoms with Gasteiger partial charge in [0.05, 0.1) is 17.6 Å². The Morgan fingerprint density at radius 2 is 2.03 bits per heavy atom. The number of H-pyrrole nitrogens is 1. The second-order valence-corrected chi connectivity index (χ2v) is 6.70. The summed E-state index contributed by atoms with van der Waals surface area (Å²) in [5.41, 5.74) is 6.85. The minimum absolute atomic E-state index is 0.872. The summed E-state index contributed by atoms with van der Waals surface area (Å²) in [5, 5.41) is 12.5. The van der Waals surface area contributed by atoms with Crippen LogP contribution in [0.5, 0.6) is 0 Å². The minimum atomic E-state index is 0.872. The van der Waals surface area contributed by atoms with E-state index in [2.05, 4.69) is 51.9 Å². The van der Waals surface area contributed by atoms with Gasteiger partial charge >= 0.3 is 0 Å². The zero-order valence-corrected chi connectivity index (χ0v) is 17.2. The van der Waals surface area contributed by atoms with Crippen LogP contribution >= 0.6 is 0 Å². The van der Waals surface area contributed by atoms with Crippen LogP contribution in [0.3, 0.4) is 0 Å². The molecule has 2 aromatic heterocycles. The lowest BCUT2D eigenvalue weighted by Gasteiger charge is -2.08. The van der Waals surface area contributed by atoms with Crippen LogP contribution in [0.2, 0.25) is 0 Å². The fourth-order valence-electron chi connectivity index (χ4n) is 3.29. The number of nitrogens with one attached hydrogen (secondary N) is 2. The van der Waals surface area contributed by atoms with Crippen molar-refractivity contribution in [2.45, 2.75) is 13.8 Å². The Bertz CT molecular complexity index is 1200.